The minimum atomic E-state index is -4.86. The second-order valence-electron chi connectivity index (χ2n) is 4.07. The molecule has 0 atom stereocenters. The largest absolute Gasteiger partial charge is 0.573 e. The van der Waals surface area contributed by atoms with E-state index in [-0.39, 0.29) is 5.56 Å². The van der Waals surface area contributed by atoms with Crippen molar-refractivity contribution in [1.82, 2.24) is 0 Å². The number of methoxy groups -OCH3 is 1. The molecule has 108 valence electrons. The lowest BCUT2D eigenvalue weighted by Crippen LogP contribution is -2.17. The number of nitrogens with zero attached hydrogens (tertiary/aromatic N) is 1. The van der Waals surface area contributed by atoms with Crippen molar-refractivity contribution in [2.75, 3.05) is 7.11 Å². The van der Waals surface area contributed by atoms with E-state index in [4.69, 9.17) is 10.00 Å². The molecule has 0 N–H and O–H groups in total. The maximum Gasteiger partial charge on any atom is 0.573 e. The van der Waals surface area contributed by atoms with Crippen LogP contribution in [0.2, 0.25) is 0 Å². The second-order valence-corrected chi connectivity index (χ2v) is 4.07. The summed E-state index contributed by atoms with van der Waals surface area (Å²) in [6, 6.07) is 12.5. The van der Waals surface area contributed by atoms with Crippen molar-refractivity contribution >= 4 is 0 Å². The molecule has 0 amide bonds. The smallest absolute Gasteiger partial charge is 0.496 e. The minimum absolute atomic E-state index is 0.189. The van der Waals surface area contributed by atoms with Crippen LogP contribution in [0, 0.1) is 11.3 Å². The first-order valence-corrected chi connectivity index (χ1v) is 5.88. The van der Waals surface area contributed by atoms with E-state index in [0.717, 1.165) is 0 Å². The standard InChI is InChI=1S/C15H10F3NO2/c1-20-13-5-3-2-4-12(13)10-6-7-11(9-19)14(8-10)21-15(16,17)18/h2-8H,1H3. The van der Waals surface area contributed by atoms with Gasteiger partial charge in [0.1, 0.15) is 17.6 Å². The number of ether oxygens (including phenoxy) is 2. The molecule has 0 aliphatic heterocycles. The van der Waals surface area contributed by atoms with Gasteiger partial charge >= 0.3 is 6.36 Å². The first-order valence-electron chi connectivity index (χ1n) is 5.88. The summed E-state index contributed by atoms with van der Waals surface area (Å²) in [6.07, 6.45) is -4.86. The first-order chi connectivity index (χ1) is 9.94. The van der Waals surface area contributed by atoms with E-state index in [1.165, 1.54) is 19.2 Å². The van der Waals surface area contributed by atoms with Crippen molar-refractivity contribution in [2.24, 2.45) is 0 Å². The van der Waals surface area contributed by atoms with Crippen LogP contribution in [0.5, 0.6) is 11.5 Å². The third kappa shape index (κ3) is 3.45. The molecule has 0 heterocycles. The molecule has 0 unspecified atom stereocenters. The van der Waals surface area contributed by atoms with Gasteiger partial charge in [0, 0.05) is 5.56 Å². The highest BCUT2D eigenvalue weighted by atomic mass is 19.4. The predicted molar refractivity (Wildman–Crippen MR) is 69.8 cm³/mol. The van der Waals surface area contributed by atoms with Crippen LogP contribution < -0.4 is 9.47 Å². The Kier molecular flexibility index (Phi) is 4.03. The normalized spacial score (nSPS) is 10.8. The van der Waals surface area contributed by atoms with Gasteiger partial charge in [-0.25, -0.2) is 0 Å². The number of halogens is 3. The SMILES string of the molecule is COc1ccccc1-c1ccc(C#N)c(OC(F)(F)F)c1. The fourth-order valence-electron chi connectivity index (χ4n) is 1.87. The Bertz CT molecular complexity index is 690. The van der Waals surface area contributed by atoms with E-state index in [1.54, 1.807) is 36.4 Å². The third-order valence-corrected chi connectivity index (χ3v) is 2.75. The molecule has 0 saturated heterocycles. The second kappa shape index (κ2) is 5.75. The van der Waals surface area contributed by atoms with E-state index in [9.17, 15) is 13.2 Å². The molecule has 2 rings (SSSR count). The zero-order valence-corrected chi connectivity index (χ0v) is 10.9. The molecule has 0 radical (unpaired) electrons. The Morgan fingerprint density at radius 3 is 2.38 bits per heavy atom. The number of para-hydroxylation sites is 1. The number of benzene rings is 2. The van der Waals surface area contributed by atoms with Gasteiger partial charge in [-0.1, -0.05) is 24.3 Å². The van der Waals surface area contributed by atoms with E-state index in [1.807, 2.05) is 0 Å². The van der Waals surface area contributed by atoms with Gasteiger partial charge in [-0.15, -0.1) is 13.2 Å². The van der Waals surface area contributed by atoms with Crippen LogP contribution in [-0.2, 0) is 0 Å². The van der Waals surface area contributed by atoms with Gasteiger partial charge in [-0.2, -0.15) is 5.26 Å². The molecular formula is C15H10F3NO2. The minimum Gasteiger partial charge on any atom is -0.496 e. The fourth-order valence-corrected chi connectivity index (χ4v) is 1.87. The fraction of sp³-hybridized carbons (Fsp3) is 0.133. The van der Waals surface area contributed by atoms with Gasteiger partial charge in [0.2, 0.25) is 0 Å². The summed E-state index contributed by atoms with van der Waals surface area (Å²) in [5.74, 6) is -0.0198. The van der Waals surface area contributed by atoms with Gasteiger partial charge in [0.05, 0.1) is 12.7 Å². The average molecular weight is 293 g/mol. The van der Waals surface area contributed by atoms with E-state index >= 15 is 0 Å². The van der Waals surface area contributed by atoms with Crippen molar-refractivity contribution in [1.29, 1.82) is 5.26 Å². The van der Waals surface area contributed by atoms with Crippen LogP contribution in [0.3, 0.4) is 0 Å². The highest BCUT2D eigenvalue weighted by molar-refractivity contribution is 5.72. The van der Waals surface area contributed by atoms with Crippen molar-refractivity contribution in [3.63, 3.8) is 0 Å². The summed E-state index contributed by atoms with van der Waals surface area (Å²) < 4.78 is 46.2. The molecule has 2 aromatic rings. The lowest BCUT2D eigenvalue weighted by molar-refractivity contribution is -0.274. The van der Waals surface area contributed by atoms with Crippen molar-refractivity contribution in [2.45, 2.75) is 6.36 Å². The average Bonchev–Trinajstić information content (AvgIpc) is 2.45. The Labute approximate surface area is 119 Å². The monoisotopic (exact) mass is 293 g/mol. The Hall–Kier alpha value is -2.68. The highest BCUT2D eigenvalue weighted by Crippen LogP contribution is 2.34. The first kappa shape index (κ1) is 14.7. The summed E-state index contributed by atoms with van der Waals surface area (Å²) in [6.45, 7) is 0. The van der Waals surface area contributed by atoms with Crippen LogP contribution in [0.1, 0.15) is 5.56 Å². The van der Waals surface area contributed by atoms with Crippen molar-refractivity contribution in [3.05, 3.63) is 48.0 Å². The summed E-state index contributed by atoms with van der Waals surface area (Å²) in [5.41, 5.74) is 0.883. The molecule has 0 aromatic heterocycles. The molecule has 21 heavy (non-hydrogen) atoms. The molecule has 3 nitrogen and oxygen atoms in total. The van der Waals surface area contributed by atoms with Crippen LogP contribution in [0.4, 0.5) is 13.2 Å². The Morgan fingerprint density at radius 2 is 1.76 bits per heavy atom. The topological polar surface area (TPSA) is 42.2 Å². The molecule has 0 saturated carbocycles. The maximum atomic E-state index is 12.4. The summed E-state index contributed by atoms with van der Waals surface area (Å²) in [4.78, 5) is 0. The quantitative estimate of drug-likeness (QED) is 0.854. The van der Waals surface area contributed by atoms with Crippen molar-refractivity contribution in [3.8, 4) is 28.7 Å². The summed E-state index contributed by atoms with van der Waals surface area (Å²) in [5, 5.41) is 8.86. The van der Waals surface area contributed by atoms with Crippen LogP contribution >= 0.6 is 0 Å². The Morgan fingerprint density at radius 1 is 1.05 bits per heavy atom. The number of hydrogen-bond donors (Lipinski definition) is 0. The third-order valence-electron chi connectivity index (χ3n) is 2.75. The van der Waals surface area contributed by atoms with E-state index < -0.39 is 12.1 Å². The lowest BCUT2D eigenvalue weighted by Gasteiger charge is -2.13. The van der Waals surface area contributed by atoms with Gasteiger partial charge in [0.15, 0.2) is 0 Å². The zero-order valence-electron chi connectivity index (χ0n) is 10.9. The number of rotatable bonds is 3. The number of alkyl halides is 3. The number of hydrogen-bond acceptors (Lipinski definition) is 3. The molecule has 0 spiro atoms. The van der Waals surface area contributed by atoms with E-state index in [0.29, 0.717) is 16.9 Å². The summed E-state index contributed by atoms with van der Waals surface area (Å²) >= 11 is 0. The molecule has 0 aliphatic rings. The molecule has 0 fully saturated rings. The Balaban J connectivity index is 2.52. The summed E-state index contributed by atoms with van der Waals surface area (Å²) in [7, 11) is 1.47. The van der Waals surface area contributed by atoms with Gasteiger partial charge < -0.3 is 9.47 Å². The van der Waals surface area contributed by atoms with Crippen LogP contribution in [-0.4, -0.2) is 13.5 Å². The molecule has 6 heteroatoms. The van der Waals surface area contributed by atoms with Crippen LogP contribution in [0.15, 0.2) is 42.5 Å². The predicted octanol–water partition coefficient (Wildman–Crippen LogP) is 4.13. The molecular weight excluding hydrogens is 283 g/mol. The molecule has 0 bridgehead atoms. The lowest BCUT2D eigenvalue weighted by atomic mass is 10.0. The maximum absolute atomic E-state index is 12.4. The number of nitriles is 1. The zero-order chi connectivity index (χ0) is 15.5. The molecule has 0 aliphatic carbocycles. The van der Waals surface area contributed by atoms with Gasteiger partial charge in [0.25, 0.3) is 0 Å². The highest BCUT2D eigenvalue weighted by Gasteiger charge is 2.32. The van der Waals surface area contributed by atoms with Crippen LogP contribution in [0.25, 0.3) is 11.1 Å². The van der Waals surface area contributed by atoms with E-state index in [2.05, 4.69) is 4.74 Å². The van der Waals surface area contributed by atoms with Crippen molar-refractivity contribution < 1.29 is 22.6 Å². The van der Waals surface area contributed by atoms with Gasteiger partial charge in [-0.05, 0) is 23.8 Å². The molecule has 2 aromatic carbocycles. The van der Waals surface area contributed by atoms with Gasteiger partial charge in [-0.3, -0.25) is 0 Å².